The lowest BCUT2D eigenvalue weighted by atomic mass is 9.84. The molecule has 1 saturated heterocycles. The van der Waals surface area contributed by atoms with Crippen molar-refractivity contribution in [1.29, 1.82) is 0 Å². The standard InChI is InChI=1S/C27H25ClN4O3/c1-3-17-4-9-22(29-14-17)18-5-7-20-23(12-18)30-24-13-19(6-8-21(24)25(20)28)26(33)31-10-11-32(27(34)35)16(2)15-31/h1,4,6,8-9,13-14,16,18H,5,7,10-12,15H2,2H3,(H,34,35)/t16-,18?/m1/s1. The number of halogens is 1. The second-order valence-electron chi connectivity index (χ2n) is 9.21. The van der Waals surface area contributed by atoms with E-state index in [0.29, 0.717) is 35.7 Å². The number of rotatable bonds is 2. The van der Waals surface area contributed by atoms with E-state index < -0.39 is 6.09 Å². The number of aromatic nitrogens is 2. The summed E-state index contributed by atoms with van der Waals surface area (Å²) >= 11 is 6.80. The van der Waals surface area contributed by atoms with Crippen molar-refractivity contribution in [3.8, 4) is 12.3 Å². The Morgan fingerprint density at radius 2 is 2.06 bits per heavy atom. The van der Waals surface area contributed by atoms with E-state index in [1.165, 1.54) is 4.90 Å². The fourth-order valence-corrected chi connectivity index (χ4v) is 5.48. The van der Waals surface area contributed by atoms with Gasteiger partial charge in [0.05, 0.1) is 10.5 Å². The summed E-state index contributed by atoms with van der Waals surface area (Å²) in [5.41, 5.74) is 4.96. The van der Waals surface area contributed by atoms with Crippen LogP contribution in [0.5, 0.6) is 0 Å². The highest BCUT2D eigenvalue weighted by Gasteiger charge is 2.30. The summed E-state index contributed by atoms with van der Waals surface area (Å²) in [6.07, 6.45) is 8.68. The number of amides is 2. The number of hydrogen-bond donors (Lipinski definition) is 1. The zero-order chi connectivity index (χ0) is 24.7. The summed E-state index contributed by atoms with van der Waals surface area (Å²) in [5, 5.41) is 10.8. The molecule has 0 saturated carbocycles. The fraction of sp³-hybridized carbons (Fsp3) is 0.333. The molecule has 2 aromatic heterocycles. The largest absolute Gasteiger partial charge is 0.465 e. The number of carbonyl (C=O) groups excluding carboxylic acids is 1. The van der Waals surface area contributed by atoms with Crippen molar-refractivity contribution in [3.05, 3.63) is 69.6 Å². The lowest BCUT2D eigenvalue weighted by Gasteiger charge is -2.38. The Morgan fingerprint density at radius 1 is 1.23 bits per heavy atom. The van der Waals surface area contributed by atoms with Crippen molar-refractivity contribution in [2.75, 3.05) is 19.6 Å². The first kappa shape index (κ1) is 23.1. The Balaban J connectivity index is 1.41. The zero-order valence-corrected chi connectivity index (χ0v) is 20.1. The highest BCUT2D eigenvalue weighted by Crippen LogP contribution is 2.38. The number of piperazine rings is 1. The first-order valence-corrected chi connectivity index (χ1v) is 12.1. The van der Waals surface area contributed by atoms with Gasteiger partial charge in [-0.3, -0.25) is 14.8 Å². The zero-order valence-electron chi connectivity index (χ0n) is 19.4. The minimum Gasteiger partial charge on any atom is -0.465 e. The Labute approximate surface area is 208 Å². The summed E-state index contributed by atoms with van der Waals surface area (Å²) < 4.78 is 0. The third-order valence-corrected chi connectivity index (χ3v) is 7.50. The van der Waals surface area contributed by atoms with Gasteiger partial charge in [-0.2, -0.15) is 0 Å². The molecule has 0 spiro atoms. The minimum atomic E-state index is -0.959. The van der Waals surface area contributed by atoms with Crippen molar-refractivity contribution in [3.63, 3.8) is 0 Å². The van der Waals surface area contributed by atoms with Crippen LogP contribution >= 0.6 is 11.6 Å². The summed E-state index contributed by atoms with van der Waals surface area (Å²) in [6.45, 7) is 2.83. The van der Waals surface area contributed by atoms with E-state index in [1.54, 1.807) is 23.2 Å². The molecular weight excluding hydrogens is 464 g/mol. The van der Waals surface area contributed by atoms with Gasteiger partial charge >= 0.3 is 6.09 Å². The molecule has 3 aromatic rings. The van der Waals surface area contributed by atoms with Crippen LogP contribution < -0.4 is 0 Å². The Kier molecular flexibility index (Phi) is 6.08. The van der Waals surface area contributed by atoms with E-state index in [0.717, 1.165) is 47.2 Å². The summed E-state index contributed by atoms with van der Waals surface area (Å²) in [6, 6.07) is 9.07. The SMILES string of the molecule is C#Cc1ccc(C2CCc3c(nc4cc(C(=O)N5CCN(C(=O)O)[C@H](C)C5)ccc4c3Cl)C2)nc1. The number of terminal acetylenes is 1. The molecule has 178 valence electrons. The molecule has 8 heteroatoms. The highest BCUT2D eigenvalue weighted by molar-refractivity contribution is 6.36. The van der Waals surface area contributed by atoms with Crippen LogP contribution in [-0.4, -0.2) is 62.6 Å². The van der Waals surface area contributed by atoms with Crippen molar-refractivity contribution >= 4 is 34.5 Å². The van der Waals surface area contributed by atoms with Gasteiger partial charge in [-0.15, -0.1) is 6.42 Å². The van der Waals surface area contributed by atoms with Crippen molar-refractivity contribution in [2.24, 2.45) is 0 Å². The molecule has 1 unspecified atom stereocenters. The van der Waals surface area contributed by atoms with E-state index in [4.69, 9.17) is 23.0 Å². The molecule has 1 fully saturated rings. The Hall–Kier alpha value is -3.63. The molecule has 1 aliphatic heterocycles. The lowest BCUT2D eigenvalue weighted by Crippen LogP contribution is -2.55. The predicted molar refractivity (Wildman–Crippen MR) is 134 cm³/mol. The van der Waals surface area contributed by atoms with E-state index >= 15 is 0 Å². The fourth-order valence-electron chi connectivity index (χ4n) is 5.12. The molecule has 2 amide bonds. The van der Waals surface area contributed by atoms with E-state index in [1.807, 2.05) is 25.1 Å². The van der Waals surface area contributed by atoms with Gasteiger partial charge in [0.1, 0.15) is 0 Å². The molecular formula is C27H25ClN4O3. The first-order valence-electron chi connectivity index (χ1n) is 11.7. The van der Waals surface area contributed by atoms with Crippen LogP contribution in [0.15, 0.2) is 36.5 Å². The second-order valence-corrected chi connectivity index (χ2v) is 9.59. The lowest BCUT2D eigenvalue weighted by molar-refractivity contribution is 0.0507. The van der Waals surface area contributed by atoms with Crippen LogP contribution in [0.2, 0.25) is 5.02 Å². The molecule has 0 bridgehead atoms. The number of nitrogens with zero attached hydrogens (tertiary/aromatic N) is 4. The summed E-state index contributed by atoms with van der Waals surface area (Å²) in [7, 11) is 0. The number of hydrogen-bond acceptors (Lipinski definition) is 4. The van der Waals surface area contributed by atoms with Gasteiger partial charge in [-0.25, -0.2) is 4.79 Å². The molecule has 1 aromatic carbocycles. The first-order chi connectivity index (χ1) is 16.9. The molecule has 2 atom stereocenters. The number of pyridine rings is 2. The van der Waals surface area contributed by atoms with Gasteiger partial charge in [0, 0.05) is 65.7 Å². The maximum absolute atomic E-state index is 13.2. The van der Waals surface area contributed by atoms with Crippen LogP contribution in [0, 0.1) is 12.3 Å². The quantitative estimate of drug-likeness (QED) is 0.541. The Morgan fingerprint density at radius 3 is 2.74 bits per heavy atom. The minimum absolute atomic E-state index is 0.130. The third-order valence-electron chi connectivity index (χ3n) is 7.06. The molecule has 1 N–H and O–H groups in total. The normalized spacial score (nSPS) is 19.8. The number of benzene rings is 1. The van der Waals surface area contributed by atoms with Gasteiger partial charge < -0.3 is 14.9 Å². The van der Waals surface area contributed by atoms with Crippen LogP contribution in [0.3, 0.4) is 0 Å². The smallest absolute Gasteiger partial charge is 0.407 e. The monoisotopic (exact) mass is 488 g/mol. The summed E-state index contributed by atoms with van der Waals surface area (Å²) in [5.74, 6) is 2.70. The van der Waals surface area contributed by atoms with Crippen molar-refractivity contribution < 1.29 is 14.7 Å². The van der Waals surface area contributed by atoms with Gasteiger partial charge in [0.2, 0.25) is 0 Å². The average molecular weight is 489 g/mol. The predicted octanol–water partition coefficient (Wildman–Crippen LogP) is 4.36. The molecule has 35 heavy (non-hydrogen) atoms. The second kappa shape index (κ2) is 9.20. The summed E-state index contributed by atoms with van der Waals surface area (Å²) in [4.78, 5) is 37.1. The van der Waals surface area contributed by atoms with Crippen molar-refractivity contribution in [1.82, 2.24) is 19.8 Å². The molecule has 1 aliphatic carbocycles. The molecule has 0 radical (unpaired) electrons. The highest BCUT2D eigenvalue weighted by atomic mass is 35.5. The number of carbonyl (C=O) groups is 2. The Bertz CT molecular complexity index is 1370. The van der Waals surface area contributed by atoms with Gasteiger partial charge in [-0.05, 0) is 56.0 Å². The van der Waals surface area contributed by atoms with Gasteiger partial charge in [0.25, 0.3) is 5.91 Å². The number of fused-ring (bicyclic) bond motifs is 2. The van der Waals surface area contributed by atoms with Crippen molar-refractivity contribution in [2.45, 2.75) is 38.1 Å². The van der Waals surface area contributed by atoms with E-state index in [-0.39, 0.29) is 17.9 Å². The molecule has 3 heterocycles. The van der Waals surface area contributed by atoms with Crippen LogP contribution in [0.1, 0.15) is 52.1 Å². The van der Waals surface area contributed by atoms with Gasteiger partial charge in [-0.1, -0.05) is 23.6 Å². The molecule has 2 aliphatic rings. The van der Waals surface area contributed by atoms with Gasteiger partial charge in [0.15, 0.2) is 0 Å². The third kappa shape index (κ3) is 4.30. The van der Waals surface area contributed by atoms with E-state index in [2.05, 4.69) is 10.9 Å². The van der Waals surface area contributed by atoms with Crippen LogP contribution in [-0.2, 0) is 12.8 Å². The number of carboxylic acid groups (broad SMARTS) is 1. The van der Waals surface area contributed by atoms with Crippen LogP contribution in [0.4, 0.5) is 4.79 Å². The molecule has 7 nitrogen and oxygen atoms in total. The van der Waals surface area contributed by atoms with E-state index in [9.17, 15) is 14.7 Å². The topological polar surface area (TPSA) is 86.6 Å². The average Bonchev–Trinajstić information content (AvgIpc) is 2.87. The molecule has 5 rings (SSSR count). The van der Waals surface area contributed by atoms with Crippen LogP contribution in [0.25, 0.3) is 10.9 Å². The maximum Gasteiger partial charge on any atom is 0.407 e. The maximum atomic E-state index is 13.2.